The summed E-state index contributed by atoms with van der Waals surface area (Å²) in [6, 6.07) is 15.8. The molecule has 1 heterocycles. The predicted octanol–water partition coefficient (Wildman–Crippen LogP) is 0.713. The number of halogens is 1. The van der Waals surface area contributed by atoms with Gasteiger partial charge in [-0.3, -0.25) is 0 Å². The lowest BCUT2D eigenvalue weighted by atomic mass is 9.98. The van der Waals surface area contributed by atoms with Gasteiger partial charge in [0.1, 0.15) is 22.8 Å². The highest BCUT2D eigenvalue weighted by Gasteiger charge is 2.16. The Morgan fingerprint density at radius 1 is 0.811 bits per heavy atom. The van der Waals surface area contributed by atoms with Gasteiger partial charge in [-0.15, -0.1) is 10.2 Å². The third kappa shape index (κ3) is 10.3. The van der Waals surface area contributed by atoms with Gasteiger partial charge in [-0.05, 0) is 55.3 Å². The van der Waals surface area contributed by atoms with Crippen LogP contribution >= 0.6 is 0 Å². The third-order valence-corrected chi connectivity index (χ3v) is 6.59. The van der Waals surface area contributed by atoms with Crippen molar-refractivity contribution in [2.75, 3.05) is 7.11 Å². The topological polar surface area (TPSA) is 149 Å². The number of aromatic hydroxyl groups is 1. The van der Waals surface area contributed by atoms with Crippen LogP contribution in [0.1, 0.15) is 70.6 Å². The summed E-state index contributed by atoms with van der Waals surface area (Å²) in [7, 11) is -3.27. The van der Waals surface area contributed by atoms with Crippen molar-refractivity contribution in [3.63, 3.8) is 0 Å². The number of benzene rings is 2. The lowest BCUT2D eigenvalue weighted by Gasteiger charge is -2.17. The van der Waals surface area contributed by atoms with Crippen LogP contribution in [0.3, 0.4) is 0 Å². The third-order valence-electron chi connectivity index (χ3n) is 6.59. The fraction of sp³-hybridized carbons (Fsp3) is 0.464. The summed E-state index contributed by atoms with van der Waals surface area (Å²) in [6.45, 7) is 0. The van der Waals surface area contributed by atoms with E-state index in [2.05, 4.69) is 11.1 Å². The molecule has 0 atom stereocenters. The van der Waals surface area contributed by atoms with Crippen molar-refractivity contribution in [1.82, 2.24) is 0 Å². The van der Waals surface area contributed by atoms with Crippen molar-refractivity contribution in [2.24, 2.45) is 0 Å². The molecule has 8 nitrogen and oxygen atoms in total. The summed E-state index contributed by atoms with van der Waals surface area (Å²) in [5.41, 5.74) is 1.77. The van der Waals surface area contributed by atoms with Crippen LogP contribution in [0.5, 0.6) is 11.5 Å². The maximum atomic E-state index is 10.1. The molecule has 1 fully saturated rings. The van der Waals surface area contributed by atoms with Gasteiger partial charge in [0, 0.05) is 18.4 Å². The molecular formula is C28H36ClNO7. The van der Waals surface area contributed by atoms with E-state index in [-0.39, 0.29) is 5.75 Å². The molecule has 202 valence electrons. The highest BCUT2D eigenvalue weighted by Crippen LogP contribution is 2.25. The van der Waals surface area contributed by atoms with Crippen molar-refractivity contribution >= 4 is 11.0 Å². The minimum atomic E-state index is -4.94. The first kappa shape index (κ1) is 28.9. The van der Waals surface area contributed by atoms with Crippen LogP contribution in [0.25, 0.3) is 22.3 Å². The quantitative estimate of drug-likeness (QED) is 0.503. The standard InChI is InChI=1S/C28H35NO3.ClHO4/c1-31-24-16-13-21(14-17-24)28-20-26(25-19-23(30)15-18-27(25)32-28)29-22-11-9-7-5-3-2-4-6-8-10-12-22;2-1(3,4)5/h13-20,22,30H,2-12H2,1H3;(H,2,3,4,5). The van der Waals surface area contributed by atoms with Gasteiger partial charge >= 0.3 is 0 Å². The molecule has 0 radical (unpaired) electrons. The van der Waals surface area contributed by atoms with E-state index in [1.165, 1.54) is 70.6 Å². The van der Waals surface area contributed by atoms with Crippen LogP contribution in [-0.2, 0) is 0 Å². The van der Waals surface area contributed by atoms with E-state index in [1.54, 1.807) is 19.2 Å². The molecule has 1 aromatic heterocycles. The second kappa shape index (κ2) is 14.4. The van der Waals surface area contributed by atoms with E-state index in [4.69, 9.17) is 27.8 Å². The van der Waals surface area contributed by atoms with E-state index in [0.717, 1.165) is 33.4 Å². The van der Waals surface area contributed by atoms with E-state index in [0.29, 0.717) is 6.04 Å². The number of fused-ring (bicyclic) bond motifs is 1. The Labute approximate surface area is 219 Å². The van der Waals surface area contributed by atoms with Gasteiger partial charge in [0.15, 0.2) is 6.04 Å². The molecule has 1 aliphatic carbocycles. The first-order chi connectivity index (χ1) is 17.7. The second-order valence-corrected chi connectivity index (χ2v) is 10.2. The first-order valence-corrected chi connectivity index (χ1v) is 14.1. The monoisotopic (exact) mass is 533 g/mol. The lowest BCUT2D eigenvalue weighted by Crippen LogP contribution is -2.82. The van der Waals surface area contributed by atoms with E-state index in [1.807, 2.05) is 30.3 Å². The number of phenolic OH excluding ortho intramolecular Hbond substituents is 1. The molecule has 0 aliphatic heterocycles. The summed E-state index contributed by atoms with van der Waals surface area (Å²) < 4.78 is 45.5. The fourth-order valence-corrected chi connectivity index (χ4v) is 4.72. The average Bonchev–Trinajstić information content (AvgIpc) is 2.85. The Morgan fingerprint density at radius 3 is 1.89 bits per heavy atom. The second-order valence-electron chi connectivity index (χ2n) is 9.41. The Kier molecular flexibility index (Phi) is 11.2. The largest absolute Gasteiger partial charge is 0.508 e. The van der Waals surface area contributed by atoms with Crippen molar-refractivity contribution < 1.29 is 48.1 Å². The SMILES string of the molecule is COc1ccc(-c2cc(=[NH+]C3CCCCCCCCCCC3)c3cc(O)ccc3o2)cc1.[O-][Cl+3]([O-])([O-])[O-]. The predicted molar refractivity (Wildman–Crippen MR) is 129 cm³/mol. The number of phenols is 1. The summed E-state index contributed by atoms with van der Waals surface area (Å²) in [4.78, 5) is 3.84. The van der Waals surface area contributed by atoms with Gasteiger partial charge in [-0.1, -0.05) is 44.9 Å². The van der Waals surface area contributed by atoms with Gasteiger partial charge in [0.2, 0.25) is 5.36 Å². The molecule has 2 aromatic carbocycles. The summed E-state index contributed by atoms with van der Waals surface area (Å²) in [6.07, 6.45) is 14.4. The van der Waals surface area contributed by atoms with Crippen LogP contribution in [0, 0.1) is 10.2 Å². The van der Waals surface area contributed by atoms with Gasteiger partial charge in [0.05, 0.1) is 18.6 Å². The molecule has 1 aliphatic rings. The van der Waals surface area contributed by atoms with Crippen LogP contribution in [0.15, 0.2) is 52.9 Å². The molecule has 4 rings (SSSR count). The highest BCUT2D eigenvalue weighted by atomic mass is 35.7. The van der Waals surface area contributed by atoms with Crippen LogP contribution in [0.4, 0.5) is 0 Å². The molecule has 37 heavy (non-hydrogen) atoms. The van der Waals surface area contributed by atoms with Gasteiger partial charge in [-0.2, -0.15) is 0 Å². The maximum Gasteiger partial charge on any atom is 0.213 e. The number of nitrogens with one attached hydrogen (secondary N) is 1. The van der Waals surface area contributed by atoms with Gasteiger partial charge in [-0.25, -0.2) is 23.6 Å². The van der Waals surface area contributed by atoms with Gasteiger partial charge < -0.3 is 14.3 Å². The zero-order valence-corrected chi connectivity index (χ0v) is 22.0. The number of rotatable bonds is 3. The Morgan fingerprint density at radius 2 is 1.35 bits per heavy atom. The molecular weight excluding hydrogens is 498 g/mol. The van der Waals surface area contributed by atoms with Crippen molar-refractivity contribution in [2.45, 2.75) is 76.7 Å². The smallest absolute Gasteiger partial charge is 0.213 e. The average molecular weight is 534 g/mol. The number of hydrogen-bond acceptors (Lipinski definition) is 7. The number of methoxy groups -OCH3 is 1. The zero-order valence-electron chi connectivity index (χ0n) is 21.2. The highest BCUT2D eigenvalue weighted by molar-refractivity contribution is 5.79. The van der Waals surface area contributed by atoms with Crippen molar-refractivity contribution in [3.8, 4) is 22.8 Å². The minimum absolute atomic E-state index is 0.256. The molecule has 2 N–H and O–H groups in total. The molecule has 0 saturated heterocycles. The molecule has 9 heteroatoms. The molecule has 0 amide bonds. The minimum Gasteiger partial charge on any atom is -0.508 e. The number of ether oxygens (including phenoxy) is 1. The van der Waals surface area contributed by atoms with Crippen molar-refractivity contribution in [3.05, 3.63) is 53.9 Å². The van der Waals surface area contributed by atoms with E-state index in [9.17, 15) is 5.11 Å². The van der Waals surface area contributed by atoms with Crippen molar-refractivity contribution in [1.29, 1.82) is 0 Å². The lowest BCUT2D eigenvalue weighted by molar-refractivity contribution is -2.00. The van der Waals surface area contributed by atoms with Crippen LogP contribution in [0.2, 0.25) is 0 Å². The molecule has 0 spiro atoms. The first-order valence-electron chi connectivity index (χ1n) is 12.9. The summed E-state index contributed by atoms with van der Waals surface area (Å²) >= 11 is 0. The molecule has 0 bridgehead atoms. The summed E-state index contributed by atoms with van der Waals surface area (Å²) in [5.74, 6) is 1.89. The number of hydrogen-bond donors (Lipinski definition) is 2. The van der Waals surface area contributed by atoms with Crippen LogP contribution in [-0.4, -0.2) is 18.3 Å². The molecule has 1 saturated carbocycles. The molecule has 0 unspecified atom stereocenters. The van der Waals surface area contributed by atoms with E-state index >= 15 is 0 Å². The zero-order chi connectivity index (χ0) is 26.7. The fourth-order valence-electron chi connectivity index (χ4n) is 4.72. The summed E-state index contributed by atoms with van der Waals surface area (Å²) in [5, 5.41) is 12.1. The normalized spacial score (nSPS) is 16.8. The Balaban J connectivity index is 0.000000695. The molecule has 3 aromatic rings. The van der Waals surface area contributed by atoms with E-state index < -0.39 is 10.2 Å². The maximum absolute atomic E-state index is 10.1. The Bertz CT molecular complexity index is 1150. The van der Waals surface area contributed by atoms with Gasteiger partial charge in [0.25, 0.3) is 0 Å². The Hall–Kier alpha value is -2.62. The van der Waals surface area contributed by atoms with Crippen LogP contribution < -0.4 is 33.7 Å².